The molecule has 0 amide bonds. The number of aliphatic hydroxyl groups is 1. The fourth-order valence-corrected chi connectivity index (χ4v) is 3.75. The molecule has 4 heteroatoms. The minimum Gasteiger partial charge on any atom is -0.393 e. The molecule has 2 fully saturated rings. The zero-order valence-electron chi connectivity index (χ0n) is 10.9. The van der Waals surface area contributed by atoms with Crippen molar-refractivity contribution in [1.29, 1.82) is 0 Å². The quantitative estimate of drug-likeness (QED) is 0.892. The van der Waals surface area contributed by atoms with Crippen molar-refractivity contribution in [2.45, 2.75) is 50.4 Å². The highest BCUT2D eigenvalue weighted by atomic mass is 16.3. The standard InChI is InChI=1S/C15H19N3O/c19-14-7-12-4-5-13(8-14)18(12)10-11-9-17-6-2-1-3-15(17)16-11/h1-3,6,9,12-14,19H,4-5,7-8,10H2. The van der Waals surface area contributed by atoms with Gasteiger partial charge in [-0.15, -0.1) is 0 Å². The van der Waals surface area contributed by atoms with Gasteiger partial charge in [-0.1, -0.05) is 6.07 Å². The summed E-state index contributed by atoms with van der Waals surface area (Å²) in [6.07, 6.45) is 8.41. The van der Waals surface area contributed by atoms with Crippen molar-refractivity contribution in [2.75, 3.05) is 0 Å². The molecule has 2 saturated heterocycles. The molecule has 100 valence electrons. The first-order valence-corrected chi connectivity index (χ1v) is 7.16. The zero-order chi connectivity index (χ0) is 12.8. The molecule has 2 unspecified atom stereocenters. The van der Waals surface area contributed by atoms with Gasteiger partial charge in [0.2, 0.25) is 0 Å². The first-order chi connectivity index (χ1) is 9.29. The van der Waals surface area contributed by atoms with E-state index < -0.39 is 0 Å². The van der Waals surface area contributed by atoms with Crippen LogP contribution in [0.5, 0.6) is 0 Å². The SMILES string of the molecule is OC1CC2CCC(C1)N2Cc1cn2ccccc2n1. The first-order valence-electron chi connectivity index (χ1n) is 7.16. The molecule has 19 heavy (non-hydrogen) atoms. The summed E-state index contributed by atoms with van der Waals surface area (Å²) in [6, 6.07) is 7.20. The molecular weight excluding hydrogens is 238 g/mol. The predicted molar refractivity (Wildman–Crippen MR) is 72.8 cm³/mol. The number of aromatic nitrogens is 2. The lowest BCUT2D eigenvalue weighted by Gasteiger charge is -2.36. The minimum atomic E-state index is -0.0881. The lowest BCUT2D eigenvalue weighted by molar-refractivity contribution is 0.0304. The number of fused-ring (bicyclic) bond motifs is 3. The fourth-order valence-electron chi connectivity index (χ4n) is 3.75. The van der Waals surface area contributed by atoms with Gasteiger partial charge in [-0.05, 0) is 37.8 Å². The van der Waals surface area contributed by atoms with Gasteiger partial charge in [-0.2, -0.15) is 0 Å². The fraction of sp³-hybridized carbons (Fsp3) is 0.533. The first kappa shape index (κ1) is 11.4. The Morgan fingerprint density at radius 1 is 1.21 bits per heavy atom. The van der Waals surface area contributed by atoms with Gasteiger partial charge in [0.05, 0.1) is 11.8 Å². The Morgan fingerprint density at radius 2 is 2.00 bits per heavy atom. The van der Waals surface area contributed by atoms with Crippen molar-refractivity contribution in [3.63, 3.8) is 0 Å². The van der Waals surface area contributed by atoms with Crippen LogP contribution in [0.1, 0.15) is 31.4 Å². The Balaban J connectivity index is 1.58. The summed E-state index contributed by atoms with van der Waals surface area (Å²) in [5.74, 6) is 0. The van der Waals surface area contributed by atoms with Gasteiger partial charge in [-0.3, -0.25) is 4.90 Å². The third-order valence-corrected chi connectivity index (χ3v) is 4.62. The molecule has 2 atom stereocenters. The van der Waals surface area contributed by atoms with E-state index in [1.807, 2.05) is 24.4 Å². The van der Waals surface area contributed by atoms with Gasteiger partial charge in [0.1, 0.15) is 5.65 Å². The number of pyridine rings is 1. The third-order valence-electron chi connectivity index (χ3n) is 4.62. The maximum atomic E-state index is 9.84. The summed E-state index contributed by atoms with van der Waals surface area (Å²) in [4.78, 5) is 7.23. The number of hydrogen-bond donors (Lipinski definition) is 1. The van der Waals surface area contributed by atoms with Crippen LogP contribution in [0.25, 0.3) is 5.65 Å². The van der Waals surface area contributed by atoms with Crippen LogP contribution in [0.4, 0.5) is 0 Å². The topological polar surface area (TPSA) is 40.8 Å². The second-order valence-corrected chi connectivity index (χ2v) is 5.88. The van der Waals surface area contributed by atoms with E-state index in [1.165, 1.54) is 12.8 Å². The molecule has 2 bridgehead atoms. The van der Waals surface area contributed by atoms with E-state index in [-0.39, 0.29) is 6.10 Å². The van der Waals surface area contributed by atoms with E-state index >= 15 is 0 Å². The normalized spacial score (nSPS) is 31.1. The van der Waals surface area contributed by atoms with Gasteiger partial charge >= 0.3 is 0 Å². The highest BCUT2D eigenvalue weighted by Gasteiger charge is 2.40. The van der Waals surface area contributed by atoms with Crippen molar-refractivity contribution in [3.05, 3.63) is 36.3 Å². The summed E-state index contributed by atoms with van der Waals surface area (Å²) < 4.78 is 2.08. The van der Waals surface area contributed by atoms with Gasteiger partial charge in [0.25, 0.3) is 0 Å². The van der Waals surface area contributed by atoms with Gasteiger partial charge in [0, 0.05) is 31.0 Å². The molecule has 0 aromatic carbocycles. The number of imidazole rings is 1. The second-order valence-electron chi connectivity index (χ2n) is 5.88. The minimum absolute atomic E-state index is 0.0881. The largest absolute Gasteiger partial charge is 0.393 e. The lowest BCUT2D eigenvalue weighted by atomic mass is 10.00. The number of rotatable bonds is 2. The molecule has 2 aromatic heterocycles. The van der Waals surface area contributed by atoms with Crippen LogP contribution >= 0.6 is 0 Å². The van der Waals surface area contributed by atoms with Crippen LogP contribution in [0.2, 0.25) is 0 Å². The highest BCUT2D eigenvalue weighted by molar-refractivity contribution is 5.39. The maximum absolute atomic E-state index is 9.84. The molecule has 0 radical (unpaired) electrons. The summed E-state index contributed by atoms with van der Waals surface area (Å²) in [6.45, 7) is 0.920. The van der Waals surface area contributed by atoms with Crippen molar-refractivity contribution in [3.8, 4) is 0 Å². The number of piperidine rings is 1. The summed E-state index contributed by atoms with van der Waals surface area (Å²) in [7, 11) is 0. The smallest absolute Gasteiger partial charge is 0.137 e. The molecule has 4 heterocycles. The molecule has 0 aliphatic carbocycles. The summed E-state index contributed by atoms with van der Waals surface area (Å²) in [5.41, 5.74) is 2.15. The maximum Gasteiger partial charge on any atom is 0.137 e. The van der Waals surface area contributed by atoms with Crippen molar-refractivity contribution >= 4 is 5.65 Å². The van der Waals surface area contributed by atoms with Crippen LogP contribution in [-0.2, 0) is 6.54 Å². The van der Waals surface area contributed by atoms with Gasteiger partial charge in [0.15, 0.2) is 0 Å². The Hall–Kier alpha value is -1.39. The Labute approximate surface area is 112 Å². The lowest BCUT2D eigenvalue weighted by Crippen LogP contribution is -2.44. The van der Waals surface area contributed by atoms with Crippen LogP contribution < -0.4 is 0 Å². The average Bonchev–Trinajstić information content (AvgIpc) is 2.90. The molecule has 2 aromatic rings. The number of aliphatic hydroxyl groups excluding tert-OH is 1. The third kappa shape index (κ3) is 1.95. The zero-order valence-corrected chi connectivity index (χ0v) is 10.9. The van der Waals surface area contributed by atoms with Crippen molar-refractivity contribution < 1.29 is 5.11 Å². The average molecular weight is 257 g/mol. The number of nitrogens with zero attached hydrogens (tertiary/aromatic N) is 3. The van der Waals surface area contributed by atoms with Crippen molar-refractivity contribution in [2.24, 2.45) is 0 Å². The second kappa shape index (κ2) is 4.32. The molecule has 0 spiro atoms. The molecule has 1 N–H and O–H groups in total. The van der Waals surface area contributed by atoms with Crippen LogP contribution in [0.3, 0.4) is 0 Å². The van der Waals surface area contributed by atoms with Crippen LogP contribution in [0.15, 0.2) is 30.6 Å². The molecular formula is C15H19N3O. The number of hydrogen-bond acceptors (Lipinski definition) is 3. The van der Waals surface area contributed by atoms with E-state index in [4.69, 9.17) is 0 Å². The molecule has 2 aliphatic heterocycles. The van der Waals surface area contributed by atoms with E-state index in [1.54, 1.807) is 0 Å². The Bertz CT molecular complexity index is 547. The van der Waals surface area contributed by atoms with Gasteiger partial charge in [-0.25, -0.2) is 4.98 Å². The molecule has 0 saturated carbocycles. The Kier molecular flexibility index (Phi) is 2.60. The predicted octanol–water partition coefficient (Wildman–Crippen LogP) is 1.82. The van der Waals surface area contributed by atoms with E-state index in [2.05, 4.69) is 20.5 Å². The molecule has 2 aliphatic rings. The van der Waals surface area contributed by atoms with Gasteiger partial charge < -0.3 is 9.51 Å². The highest BCUT2D eigenvalue weighted by Crippen LogP contribution is 2.36. The van der Waals surface area contributed by atoms with E-state index in [9.17, 15) is 5.11 Å². The summed E-state index contributed by atoms with van der Waals surface area (Å²) in [5, 5.41) is 9.84. The van der Waals surface area contributed by atoms with Crippen LogP contribution in [0, 0.1) is 0 Å². The van der Waals surface area contributed by atoms with E-state index in [0.29, 0.717) is 12.1 Å². The monoisotopic (exact) mass is 257 g/mol. The Morgan fingerprint density at radius 3 is 2.74 bits per heavy atom. The summed E-state index contributed by atoms with van der Waals surface area (Å²) >= 11 is 0. The van der Waals surface area contributed by atoms with E-state index in [0.717, 1.165) is 30.7 Å². The van der Waals surface area contributed by atoms with Crippen LogP contribution in [-0.4, -0.2) is 37.6 Å². The molecule has 4 rings (SSSR count). The molecule has 4 nitrogen and oxygen atoms in total. The van der Waals surface area contributed by atoms with Crippen molar-refractivity contribution in [1.82, 2.24) is 14.3 Å².